The second-order valence-electron chi connectivity index (χ2n) is 5.19. The number of rotatable bonds is 7. The Morgan fingerprint density at radius 2 is 1.89 bits per heavy atom. The smallest absolute Gasteiger partial charge is 0.213 e. The number of nitrogens with one attached hydrogen (secondary N) is 1. The molecule has 0 bridgehead atoms. The highest BCUT2D eigenvalue weighted by Gasteiger charge is 2.00. The van der Waals surface area contributed by atoms with Crippen LogP contribution in [0, 0.1) is 5.92 Å². The molecule has 1 N–H and O–H groups in total. The minimum Gasteiger partial charge on any atom is -0.343 e. The summed E-state index contributed by atoms with van der Waals surface area (Å²) < 4.78 is 4.69. The van der Waals surface area contributed by atoms with Crippen LogP contribution in [-0.2, 0) is 19.4 Å². The molecular formula is C15H21N3O. The Morgan fingerprint density at radius 1 is 1.16 bits per heavy atom. The number of nitrogens with zero attached hydrogens (tertiary/aromatic N) is 2. The summed E-state index contributed by atoms with van der Waals surface area (Å²) in [5, 5.41) is 7.15. The van der Waals surface area contributed by atoms with Crippen LogP contribution in [0.2, 0.25) is 0 Å². The van der Waals surface area contributed by atoms with Crippen molar-refractivity contribution in [2.24, 2.45) is 5.92 Å². The van der Waals surface area contributed by atoms with Gasteiger partial charge in [-0.05, 0) is 23.5 Å². The van der Waals surface area contributed by atoms with Crippen LogP contribution in [0.25, 0.3) is 0 Å². The molecule has 0 aliphatic carbocycles. The quantitative estimate of drug-likeness (QED) is 0.777. The molecule has 0 saturated heterocycles. The highest BCUT2D eigenvalue weighted by Crippen LogP contribution is 2.09. The highest BCUT2D eigenvalue weighted by molar-refractivity contribution is 5.22. The van der Waals surface area contributed by atoms with E-state index in [1.165, 1.54) is 17.5 Å². The minimum atomic E-state index is 0.707. The van der Waals surface area contributed by atoms with Crippen LogP contribution in [0.3, 0.4) is 0 Å². The number of hydrogen-bond acceptors (Lipinski definition) is 4. The summed E-state index contributed by atoms with van der Waals surface area (Å²) >= 11 is 0. The van der Waals surface area contributed by atoms with Gasteiger partial charge >= 0.3 is 0 Å². The summed E-state index contributed by atoms with van der Waals surface area (Å²) in [6.07, 6.45) is 3.30. The number of hydrogen-bond donors (Lipinski definition) is 1. The molecule has 0 spiro atoms. The third-order valence-electron chi connectivity index (χ3n) is 2.93. The van der Waals surface area contributed by atoms with Crippen LogP contribution in [-0.4, -0.2) is 16.7 Å². The summed E-state index contributed by atoms with van der Waals surface area (Å²) in [4.78, 5) is 3.98. The van der Waals surface area contributed by atoms with Gasteiger partial charge in [0.05, 0.1) is 0 Å². The lowest BCUT2D eigenvalue weighted by Gasteiger charge is -2.07. The van der Waals surface area contributed by atoms with Crippen molar-refractivity contribution in [1.82, 2.24) is 15.5 Å². The van der Waals surface area contributed by atoms with E-state index < -0.39 is 0 Å². The van der Waals surface area contributed by atoms with E-state index in [2.05, 4.69) is 58.1 Å². The van der Waals surface area contributed by atoms with E-state index >= 15 is 0 Å². The van der Waals surface area contributed by atoms with Gasteiger partial charge in [-0.2, -0.15) is 4.98 Å². The van der Waals surface area contributed by atoms with Crippen LogP contribution in [0.1, 0.15) is 30.8 Å². The Labute approximate surface area is 114 Å². The van der Waals surface area contributed by atoms with Gasteiger partial charge in [0, 0.05) is 19.5 Å². The fourth-order valence-corrected chi connectivity index (χ4v) is 2.00. The normalized spacial score (nSPS) is 11.1. The molecule has 4 nitrogen and oxygen atoms in total. The summed E-state index contributed by atoms with van der Waals surface area (Å²) in [6, 6.07) is 8.82. The lowest BCUT2D eigenvalue weighted by Crippen LogP contribution is -2.17. The van der Waals surface area contributed by atoms with Crippen LogP contribution in [0.15, 0.2) is 35.2 Å². The fraction of sp³-hybridized carbons (Fsp3) is 0.467. The predicted octanol–water partition coefficient (Wildman–Crippen LogP) is 2.60. The summed E-state index contributed by atoms with van der Waals surface area (Å²) in [5.74, 6) is 1.46. The van der Waals surface area contributed by atoms with Gasteiger partial charge in [0.2, 0.25) is 6.39 Å². The van der Waals surface area contributed by atoms with Crippen LogP contribution < -0.4 is 5.32 Å². The van der Waals surface area contributed by atoms with Crippen molar-refractivity contribution in [2.45, 2.75) is 33.2 Å². The van der Waals surface area contributed by atoms with E-state index in [1.54, 1.807) is 0 Å². The molecule has 0 aliphatic heterocycles. The van der Waals surface area contributed by atoms with Crippen molar-refractivity contribution in [2.75, 3.05) is 6.54 Å². The average molecular weight is 259 g/mol. The molecule has 0 saturated carbocycles. The maximum Gasteiger partial charge on any atom is 0.213 e. The van der Waals surface area contributed by atoms with Crippen LogP contribution in [0.4, 0.5) is 0 Å². The molecule has 2 aromatic rings. The van der Waals surface area contributed by atoms with Crippen molar-refractivity contribution in [3.8, 4) is 0 Å². The van der Waals surface area contributed by atoms with Gasteiger partial charge in [-0.1, -0.05) is 43.3 Å². The van der Waals surface area contributed by atoms with Crippen LogP contribution in [0.5, 0.6) is 0 Å². The van der Waals surface area contributed by atoms with Gasteiger partial charge in [-0.15, -0.1) is 0 Å². The average Bonchev–Trinajstić information content (AvgIpc) is 2.89. The van der Waals surface area contributed by atoms with E-state index in [0.717, 1.165) is 31.8 Å². The van der Waals surface area contributed by atoms with Crippen molar-refractivity contribution in [3.05, 3.63) is 47.6 Å². The monoisotopic (exact) mass is 259 g/mol. The minimum absolute atomic E-state index is 0.707. The van der Waals surface area contributed by atoms with Crippen molar-refractivity contribution in [1.29, 1.82) is 0 Å². The van der Waals surface area contributed by atoms with E-state index in [4.69, 9.17) is 0 Å². The number of benzene rings is 1. The molecule has 1 heterocycles. The predicted molar refractivity (Wildman–Crippen MR) is 74.7 cm³/mol. The second-order valence-corrected chi connectivity index (χ2v) is 5.19. The van der Waals surface area contributed by atoms with E-state index in [1.807, 2.05) is 0 Å². The summed E-state index contributed by atoms with van der Waals surface area (Å²) in [5.41, 5.74) is 2.71. The summed E-state index contributed by atoms with van der Waals surface area (Å²) in [7, 11) is 0. The van der Waals surface area contributed by atoms with Gasteiger partial charge < -0.3 is 9.84 Å². The Balaban J connectivity index is 1.71. The Hall–Kier alpha value is -1.68. The van der Waals surface area contributed by atoms with Gasteiger partial charge in [-0.25, -0.2) is 0 Å². The zero-order chi connectivity index (χ0) is 13.5. The lowest BCUT2D eigenvalue weighted by atomic mass is 10.0. The standard InChI is InChI=1S/C15H21N3O/c1-12(2)9-13-3-5-14(6-4-13)10-16-8-7-15-17-11-19-18-15/h3-6,11-12,16H,7-10H2,1-2H3. The SMILES string of the molecule is CC(C)Cc1ccc(CNCCc2ncon2)cc1. The molecule has 1 aromatic carbocycles. The second kappa shape index (κ2) is 7.04. The van der Waals surface area contributed by atoms with Gasteiger partial charge in [0.25, 0.3) is 0 Å². The first kappa shape index (κ1) is 13.7. The molecule has 4 heteroatoms. The molecule has 0 atom stereocenters. The molecule has 19 heavy (non-hydrogen) atoms. The largest absolute Gasteiger partial charge is 0.343 e. The molecule has 0 fully saturated rings. The Bertz CT molecular complexity index is 463. The first-order valence-electron chi connectivity index (χ1n) is 6.78. The number of aromatic nitrogens is 2. The molecule has 2 rings (SSSR count). The third-order valence-corrected chi connectivity index (χ3v) is 2.93. The molecule has 102 valence electrons. The maximum atomic E-state index is 4.69. The molecule has 1 aromatic heterocycles. The van der Waals surface area contributed by atoms with Crippen molar-refractivity contribution in [3.63, 3.8) is 0 Å². The van der Waals surface area contributed by atoms with Crippen LogP contribution >= 0.6 is 0 Å². The topological polar surface area (TPSA) is 51.0 Å². The zero-order valence-electron chi connectivity index (χ0n) is 11.6. The zero-order valence-corrected chi connectivity index (χ0v) is 11.6. The van der Waals surface area contributed by atoms with Gasteiger partial charge in [0.1, 0.15) is 0 Å². The maximum absolute atomic E-state index is 4.69. The lowest BCUT2D eigenvalue weighted by molar-refractivity contribution is 0.409. The van der Waals surface area contributed by atoms with Gasteiger partial charge in [-0.3, -0.25) is 0 Å². The fourth-order valence-electron chi connectivity index (χ4n) is 2.00. The molecule has 0 aliphatic rings. The molecular weight excluding hydrogens is 238 g/mol. The summed E-state index contributed by atoms with van der Waals surface area (Å²) in [6.45, 7) is 6.22. The third kappa shape index (κ3) is 4.83. The van der Waals surface area contributed by atoms with Crippen molar-refractivity contribution < 1.29 is 4.52 Å². The van der Waals surface area contributed by atoms with E-state index in [-0.39, 0.29) is 0 Å². The molecule has 0 radical (unpaired) electrons. The van der Waals surface area contributed by atoms with E-state index in [9.17, 15) is 0 Å². The Kier molecular flexibility index (Phi) is 5.10. The first-order chi connectivity index (χ1) is 9.24. The van der Waals surface area contributed by atoms with Gasteiger partial charge in [0.15, 0.2) is 5.82 Å². The molecule has 0 amide bonds. The van der Waals surface area contributed by atoms with E-state index in [0.29, 0.717) is 5.92 Å². The highest BCUT2D eigenvalue weighted by atomic mass is 16.5. The molecule has 0 unspecified atom stereocenters. The van der Waals surface area contributed by atoms with Crippen molar-refractivity contribution >= 4 is 0 Å². The first-order valence-corrected chi connectivity index (χ1v) is 6.78. The Morgan fingerprint density at radius 3 is 2.53 bits per heavy atom.